The first kappa shape index (κ1) is 15.5. The van der Waals surface area contributed by atoms with Crippen molar-refractivity contribution in [2.45, 2.75) is 13.3 Å². The molecule has 0 spiro atoms. The smallest absolute Gasteiger partial charge is 0.356 e. The van der Waals surface area contributed by atoms with Crippen LogP contribution >= 0.6 is 0 Å². The van der Waals surface area contributed by atoms with Gasteiger partial charge in [0.15, 0.2) is 5.69 Å². The Hall–Kier alpha value is -3.39. The van der Waals surface area contributed by atoms with Crippen LogP contribution in [-0.4, -0.2) is 20.9 Å². The number of nitrogens with zero attached hydrogens (tertiary/aromatic N) is 3. The van der Waals surface area contributed by atoms with Gasteiger partial charge in [0.2, 0.25) is 0 Å². The summed E-state index contributed by atoms with van der Waals surface area (Å²) in [5.74, 6) is -1.08. The summed E-state index contributed by atoms with van der Waals surface area (Å²) in [4.78, 5) is 11.4. The molecule has 118 valence electrons. The van der Waals surface area contributed by atoms with E-state index in [9.17, 15) is 15.2 Å². The highest BCUT2D eigenvalue weighted by molar-refractivity contribution is 5.87. The van der Waals surface area contributed by atoms with E-state index in [0.29, 0.717) is 17.7 Å². The second-order valence-corrected chi connectivity index (χ2v) is 5.50. The lowest BCUT2D eigenvalue weighted by atomic mass is 10.1. The summed E-state index contributed by atoms with van der Waals surface area (Å²) >= 11 is 0. The van der Waals surface area contributed by atoms with Crippen molar-refractivity contribution in [3.8, 4) is 11.8 Å². The number of carboxylic acids is 1. The molecule has 1 heterocycles. The Labute approximate surface area is 139 Å². The third kappa shape index (κ3) is 3.03. The van der Waals surface area contributed by atoms with Crippen LogP contribution in [0.5, 0.6) is 0 Å². The normalized spacial score (nSPS) is 14.1. The first-order valence-electron chi connectivity index (χ1n) is 7.47. The van der Waals surface area contributed by atoms with Crippen LogP contribution in [-0.2, 0) is 0 Å². The van der Waals surface area contributed by atoms with Crippen LogP contribution in [0.2, 0.25) is 0 Å². The molecule has 1 aliphatic carbocycles. The maximum absolute atomic E-state index is 11.4. The number of carboxylic acid groups (broad SMARTS) is 1. The summed E-state index contributed by atoms with van der Waals surface area (Å²) in [7, 11) is 0. The minimum Gasteiger partial charge on any atom is -0.476 e. The number of rotatable bonds is 3. The molecule has 1 aromatic heterocycles. The largest absolute Gasteiger partial charge is 0.476 e. The van der Waals surface area contributed by atoms with Crippen LogP contribution in [0.4, 0.5) is 0 Å². The first-order chi connectivity index (χ1) is 11.6. The molecule has 24 heavy (non-hydrogen) atoms. The van der Waals surface area contributed by atoms with Gasteiger partial charge in [-0.25, -0.2) is 9.48 Å². The van der Waals surface area contributed by atoms with Gasteiger partial charge < -0.3 is 5.11 Å². The highest BCUT2D eigenvalue weighted by Crippen LogP contribution is 2.27. The summed E-state index contributed by atoms with van der Waals surface area (Å²) < 4.78 is 1.61. The third-order valence-electron chi connectivity index (χ3n) is 3.74. The van der Waals surface area contributed by atoms with Gasteiger partial charge in [-0.3, -0.25) is 0 Å². The zero-order valence-electron chi connectivity index (χ0n) is 13.1. The average molecular weight is 317 g/mol. The van der Waals surface area contributed by atoms with Crippen molar-refractivity contribution in [3.05, 3.63) is 77.2 Å². The zero-order chi connectivity index (χ0) is 17.1. The summed E-state index contributed by atoms with van der Waals surface area (Å²) in [6, 6.07) is 13.1. The standard InChI is InChI=1S/C19H15N3O2/c1-13-7-8-15(10-14(9-13)12-20)18-11-17(19(23)24)21-22(18)16-5-3-2-4-6-16/h2-7,9-11H,8H2,1H3,(H,23,24). The van der Waals surface area contributed by atoms with Gasteiger partial charge >= 0.3 is 5.97 Å². The molecule has 1 N–H and O–H groups in total. The number of hydrogen-bond donors (Lipinski definition) is 1. The second kappa shape index (κ2) is 6.39. The van der Waals surface area contributed by atoms with Crippen molar-refractivity contribution in [2.75, 3.05) is 0 Å². The van der Waals surface area contributed by atoms with E-state index in [-0.39, 0.29) is 5.69 Å². The van der Waals surface area contributed by atoms with E-state index in [1.165, 1.54) is 0 Å². The number of allylic oxidation sites excluding steroid dienone is 6. The van der Waals surface area contributed by atoms with Crippen LogP contribution in [0.25, 0.3) is 11.3 Å². The first-order valence-corrected chi connectivity index (χ1v) is 7.47. The zero-order valence-corrected chi connectivity index (χ0v) is 13.1. The summed E-state index contributed by atoms with van der Waals surface area (Å²) in [6.45, 7) is 1.94. The summed E-state index contributed by atoms with van der Waals surface area (Å²) in [5, 5.41) is 22.8. The van der Waals surface area contributed by atoms with Crippen LogP contribution in [0.15, 0.2) is 65.8 Å². The minimum absolute atomic E-state index is 0.0258. The second-order valence-electron chi connectivity index (χ2n) is 5.50. The molecule has 0 saturated carbocycles. The van der Waals surface area contributed by atoms with Crippen LogP contribution in [0, 0.1) is 11.3 Å². The average Bonchev–Trinajstić information content (AvgIpc) is 2.95. The van der Waals surface area contributed by atoms with Gasteiger partial charge in [0.05, 0.1) is 23.0 Å². The van der Waals surface area contributed by atoms with Crippen molar-refractivity contribution >= 4 is 11.5 Å². The monoisotopic (exact) mass is 317 g/mol. The number of benzene rings is 1. The molecule has 0 aliphatic heterocycles. The number of aromatic nitrogens is 2. The molecule has 1 aromatic carbocycles. The quantitative estimate of drug-likeness (QED) is 0.935. The molecular weight excluding hydrogens is 302 g/mol. The van der Waals surface area contributed by atoms with Gasteiger partial charge in [-0.15, -0.1) is 0 Å². The number of para-hydroxylation sites is 1. The molecule has 5 heteroatoms. The molecule has 3 rings (SSSR count). The fourth-order valence-corrected chi connectivity index (χ4v) is 2.59. The van der Waals surface area contributed by atoms with Gasteiger partial charge in [-0.2, -0.15) is 10.4 Å². The van der Waals surface area contributed by atoms with Crippen LogP contribution in [0.3, 0.4) is 0 Å². The van der Waals surface area contributed by atoms with Crippen molar-refractivity contribution in [3.63, 3.8) is 0 Å². The van der Waals surface area contributed by atoms with Crippen molar-refractivity contribution < 1.29 is 9.90 Å². The van der Waals surface area contributed by atoms with E-state index in [0.717, 1.165) is 16.8 Å². The third-order valence-corrected chi connectivity index (χ3v) is 3.74. The lowest BCUT2D eigenvalue weighted by Crippen LogP contribution is -2.03. The molecule has 1 aliphatic rings. The minimum atomic E-state index is -1.08. The molecular formula is C19H15N3O2. The number of carbonyl (C=O) groups is 1. The Balaban J connectivity index is 2.17. The Morgan fingerprint density at radius 1 is 1.29 bits per heavy atom. The maximum atomic E-state index is 11.4. The van der Waals surface area contributed by atoms with Gasteiger partial charge in [0, 0.05) is 0 Å². The molecule has 0 radical (unpaired) electrons. The number of aromatic carboxylic acids is 1. The molecule has 0 unspecified atom stereocenters. The molecule has 0 bridgehead atoms. The van der Waals surface area contributed by atoms with E-state index in [4.69, 9.17) is 0 Å². The van der Waals surface area contributed by atoms with Crippen LogP contribution < -0.4 is 0 Å². The Morgan fingerprint density at radius 2 is 2.04 bits per heavy atom. The molecule has 2 aromatic rings. The molecule has 0 amide bonds. The van der Waals surface area contributed by atoms with E-state index in [1.807, 2.05) is 49.4 Å². The maximum Gasteiger partial charge on any atom is 0.356 e. The topological polar surface area (TPSA) is 78.9 Å². The SMILES string of the molecule is CC1=CCC(c2cc(C(=O)O)nn2-c2ccccc2)=CC(C#N)=C1. The molecule has 5 nitrogen and oxygen atoms in total. The van der Waals surface area contributed by atoms with E-state index >= 15 is 0 Å². The van der Waals surface area contributed by atoms with E-state index in [2.05, 4.69) is 11.2 Å². The predicted molar refractivity (Wildman–Crippen MR) is 90.6 cm³/mol. The highest BCUT2D eigenvalue weighted by Gasteiger charge is 2.18. The van der Waals surface area contributed by atoms with E-state index < -0.39 is 5.97 Å². The molecule has 0 saturated heterocycles. The molecule has 0 fully saturated rings. The predicted octanol–water partition coefficient (Wildman–Crippen LogP) is 3.75. The highest BCUT2D eigenvalue weighted by atomic mass is 16.4. The molecule has 0 atom stereocenters. The Morgan fingerprint density at radius 3 is 2.71 bits per heavy atom. The number of hydrogen-bond acceptors (Lipinski definition) is 3. The van der Waals surface area contributed by atoms with Gasteiger partial charge in [-0.05, 0) is 49.3 Å². The van der Waals surface area contributed by atoms with E-state index in [1.54, 1.807) is 16.8 Å². The fraction of sp³-hybridized carbons (Fsp3) is 0.105. The van der Waals surface area contributed by atoms with Gasteiger partial charge in [-0.1, -0.05) is 29.8 Å². The van der Waals surface area contributed by atoms with Crippen molar-refractivity contribution in [1.29, 1.82) is 5.26 Å². The van der Waals surface area contributed by atoms with Gasteiger partial charge in [0.25, 0.3) is 0 Å². The van der Waals surface area contributed by atoms with Gasteiger partial charge in [0.1, 0.15) is 0 Å². The Bertz CT molecular complexity index is 925. The number of nitriles is 1. The summed E-state index contributed by atoms with van der Waals surface area (Å²) in [5.41, 5.74) is 3.81. The summed E-state index contributed by atoms with van der Waals surface area (Å²) in [6.07, 6.45) is 6.22. The van der Waals surface area contributed by atoms with Crippen molar-refractivity contribution in [2.24, 2.45) is 0 Å². The fourth-order valence-electron chi connectivity index (χ4n) is 2.59. The lowest BCUT2D eigenvalue weighted by Gasteiger charge is -2.09. The van der Waals surface area contributed by atoms with Crippen molar-refractivity contribution in [1.82, 2.24) is 9.78 Å². The lowest BCUT2D eigenvalue weighted by molar-refractivity contribution is 0.0690. The van der Waals surface area contributed by atoms with Crippen LogP contribution in [0.1, 0.15) is 29.5 Å². The Kier molecular flexibility index (Phi) is 4.13.